The molecule has 0 N–H and O–H groups in total. The molecule has 1 aromatic heterocycles. The largest absolute Gasteiger partial charge is 0.482 e. The van der Waals surface area contributed by atoms with Crippen LogP contribution in [0, 0.1) is 0 Å². The van der Waals surface area contributed by atoms with Crippen molar-refractivity contribution in [3.8, 4) is 5.75 Å². The van der Waals surface area contributed by atoms with Crippen LogP contribution >= 0.6 is 11.6 Å². The molecule has 160 valence electrons. The SMILES string of the molecule is CCOC(=O)C(=O)N1CCN(Cc2cc(=O)c(OCc3ccccc3Cl)co2)CC1. The summed E-state index contributed by atoms with van der Waals surface area (Å²) in [5.41, 5.74) is 0.498. The van der Waals surface area contributed by atoms with E-state index < -0.39 is 11.9 Å². The first-order valence-corrected chi connectivity index (χ1v) is 10.0. The molecule has 1 saturated heterocycles. The number of halogens is 1. The number of hydrogen-bond acceptors (Lipinski definition) is 7. The molecule has 1 aliphatic rings. The smallest absolute Gasteiger partial charge is 0.397 e. The molecule has 0 unspecified atom stereocenters. The van der Waals surface area contributed by atoms with Crippen LogP contribution in [-0.2, 0) is 27.5 Å². The maximum atomic E-state index is 12.3. The maximum absolute atomic E-state index is 12.3. The Balaban J connectivity index is 1.51. The molecule has 0 saturated carbocycles. The van der Waals surface area contributed by atoms with Gasteiger partial charge in [0, 0.05) is 42.8 Å². The van der Waals surface area contributed by atoms with E-state index in [0.717, 1.165) is 5.56 Å². The van der Waals surface area contributed by atoms with Crippen LogP contribution in [0.5, 0.6) is 5.75 Å². The Morgan fingerprint density at radius 2 is 1.90 bits per heavy atom. The number of carbonyl (C=O) groups is 2. The number of piperazine rings is 1. The second-order valence-corrected chi connectivity index (χ2v) is 7.15. The summed E-state index contributed by atoms with van der Waals surface area (Å²) in [6, 6.07) is 8.65. The van der Waals surface area contributed by atoms with E-state index in [2.05, 4.69) is 0 Å². The highest BCUT2D eigenvalue weighted by molar-refractivity contribution is 6.32. The van der Waals surface area contributed by atoms with Gasteiger partial charge in [-0.3, -0.25) is 14.5 Å². The molecule has 1 aliphatic heterocycles. The fourth-order valence-corrected chi connectivity index (χ4v) is 3.24. The number of ether oxygens (including phenoxy) is 2. The zero-order valence-electron chi connectivity index (χ0n) is 16.6. The Bertz CT molecular complexity index is 953. The third-order valence-corrected chi connectivity index (χ3v) is 5.05. The fraction of sp³-hybridized carbons (Fsp3) is 0.381. The number of amides is 1. The molecule has 0 radical (unpaired) electrons. The zero-order valence-corrected chi connectivity index (χ0v) is 17.4. The number of hydrogen-bond donors (Lipinski definition) is 0. The quantitative estimate of drug-likeness (QED) is 0.508. The Labute approximate surface area is 178 Å². The van der Waals surface area contributed by atoms with Gasteiger partial charge in [-0.25, -0.2) is 4.79 Å². The average Bonchev–Trinajstić information content (AvgIpc) is 2.74. The van der Waals surface area contributed by atoms with E-state index in [9.17, 15) is 14.4 Å². The minimum absolute atomic E-state index is 0.114. The van der Waals surface area contributed by atoms with Gasteiger partial charge < -0.3 is 18.8 Å². The van der Waals surface area contributed by atoms with Crippen LogP contribution in [0.3, 0.4) is 0 Å². The lowest BCUT2D eigenvalue weighted by Gasteiger charge is -2.33. The van der Waals surface area contributed by atoms with Crippen molar-refractivity contribution in [3.63, 3.8) is 0 Å². The molecule has 1 amide bonds. The van der Waals surface area contributed by atoms with Gasteiger partial charge in [0.1, 0.15) is 18.6 Å². The Morgan fingerprint density at radius 1 is 1.17 bits per heavy atom. The maximum Gasteiger partial charge on any atom is 0.397 e. The van der Waals surface area contributed by atoms with Crippen molar-refractivity contribution in [1.82, 2.24) is 9.80 Å². The van der Waals surface area contributed by atoms with Crippen LogP contribution in [0.25, 0.3) is 0 Å². The topological polar surface area (TPSA) is 89.3 Å². The Kier molecular flexibility index (Phi) is 7.48. The van der Waals surface area contributed by atoms with Crippen molar-refractivity contribution in [2.75, 3.05) is 32.8 Å². The molecule has 0 spiro atoms. The number of rotatable bonds is 6. The van der Waals surface area contributed by atoms with Gasteiger partial charge in [0.25, 0.3) is 0 Å². The third-order valence-electron chi connectivity index (χ3n) is 4.68. The summed E-state index contributed by atoms with van der Waals surface area (Å²) in [4.78, 5) is 39.4. The predicted octanol–water partition coefficient (Wildman–Crippen LogP) is 2.08. The van der Waals surface area contributed by atoms with E-state index in [1.807, 2.05) is 23.1 Å². The van der Waals surface area contributed by atoms with E-state index in [-0.39, 0.29) is 24.4 Å². The molecule has 0 aliphatic carbocycles. The van der Waals surface area contributed by atoms with E-state index in [4.69, 9.17) is 25.5 Å². The lowest BCUT2D eigenvalue weighted by atomic mass is 10.2. The van der Waals surface area contributed by atoms with Crippen LogP contribution in [0.4, 0.5) is 0 Å². The molecule has 0 atom stereocenters. The summed E-state index contributed by atoms with van der Waals surface area (Å²) in [5, 5.41) is 0.569. The average molecular weight is 435 g/mol. The fourth-order valence-electron chi connectivity index (χ4n) is 3.05. The van der Waals surface area contributed by atoms with Crippen LogP contribution in [-0.4, -0.2) is 54.5 Å². The van der Waals surface area contributed by atoms with Gasteiger partial charge in [0.2, 0.25) is 11.2 Å². The van der Waals surface area contributed by atoms with Crippen LogP contribution in [0.15, 0.2) is 45.8 Å². The first-order valence-electron chi connectivity index (χ1n) is 9.64. The standard InChI is InChI=1S/C21H23ClN2O6/c1-2-28-21(27)20(26)24-9-7-23(8-10-24)12-16-11-18(25)19(14-29-16)30-13-15-5-3-4-6-17(15)22/h3-6,11,14H,2,7-10,12-13H2,1H3. The molecule has 8 nitrogen and oxygen atoms in total. The van der Waals surface area contributed by atoms with Crippen molar-refractivity contribution in [2.45, 2.75) is 20.1 Å². The number of benzene rings is 1. The second-order valence-electron chi connectivity index (χ2n) is 6.74. The Morgan fingerprint density at radius 3 is 2.57 bits per heavy atom. The molecular weight excluding hydrogens is 412 g/mol. The van der Waals surface area contributed by atoms with Gasteiger partial charge >= 0.3 is 11.9 Å². The molecule has 1 aromatic carbocycles. The predicted molar refractivity (Wildman–Crippen MR) is 109 cm³/mol. The second kappa shape index (κ2) is 10.3. The number of carbonyl (C=O) groups excluding carboxylic acids is 2. The molecule has 2 aromatic rings. The van der Waals surface area contributed by atoms with E-state index in [1.165, 1.54) is 17.2 Å². The molecule has 9 heteroatoms. The molecule has 1 fully saturated rings. The van der Waals surface area contributed by atoms with Crippen LogP contribution < -0.4 is 10.2 Å². The van der Waals surface area contributed by atoms with Crippen molar-refractivity contribution in [1.29, 1.82) is 0 Å². The number of nitrogens with zero attached hydrogens (tertiary/aromatic N) is 2. The molecular formula is C21H23ClN2O6. The highest BCUT2D eigenvalue weighted by Gasteiger charge is 2.27. The van der Waals surface area contributed by atoms with Crippen molar-refractivity contribution in [3.05, 3.63) is 63.2 Å². The van der Waals surface area contributed by atoms with Gasteiger partial charge in [-0.05, 0) is 13.0 Å². The summed E-state index contributed by atoms with van der Waals surface area (Å²) in [6.07, 6.45) is 1.30. The lowest BCUT2D eigenvalue weighted by Crippen LogP contribution is -2.50. The van der Waals surface area contributed by atoms with E-state index >= 15 is 0 Å². The molecule has 2 heterocycles. The molecule has 3 rings (SSSR count). The first kappa shape index (κ1) is 21.9. The van der Waals surface area contributed by atoms with E-state index in [0.29, 0.717) is 43.5 Å². The first-order chi connectivity index (χ1) is 14.5. The van der Waals surface area contributed by atoms with E-state index in [1.54, 1.807) is 13.0 Å². The summed E-state index contributed by atoms with van der Waals surface area (Å²) in [6.45, 7) is 4.33. The van der Waals surface area contributed by atoms with Crippen LogP contribution in [0.2, 0.25) is 5.02 Å². The Hall–Kier alpha value is -2.84. The van der Waals surface area contributed by atoms with Crippen molar-refractivity contribution in [2.24, 2.45) is 0 Å². The third kappa shape index (κ3) is 5.61. The molecule has 0 bridgehead atoms. The van der Waals surface area contributed by atoms with Crippen molar-refractivity contribution >= 4 is 23.5 Å². The van der Waals surface area contributed by atoms with Gasteiger partial charge in [0.05, 0.1) is 13.2 Å². The summed E-state index contributed by atoms with van der Waals surface area (Å²) in [5.74, 6) is -0.842. The highest BCUT2D eigenvalue weighted by Crippen LogP contribution is 2.17. The minimum atomic E-state index is -0.829. The number of esters is 1. The summed E-state index contributed by atoms with van der Waals surface area (Å²) >= 11 is 6.09. The molecule has 30 heavy (non-hydrogen) atoms. The highest BCUT2D eigenvalue weighted by atomic mass is 35.5. The van der Waals surface area contributed by atoms with Gasteiger partial charge in [-0.2, -0.15) is 0 Å². The monoisotopic (exact) mass is 434 g/mol. The summed E-state index contributed by atoms with van der Waals surface area (Å²) in [7, 11) is 0. The van der Waals surface area contributed by atoms with Crippen molar-refractivity contribution < 1.29 is 23.5 Å². The normalized spacial score (nSPS) is 14.4. The summed E-state index contributed by atoms with van der Waals surface area (Å²) < 4.78 is 15.8. The van der Waals surface area contributed by atoms with Gasteiger partial charge in [-0.1, -0.05) is 29.8 Å². The lowest BCUT2D eigenvalue weighted by molar-refractivity contribution is -0.160. The van der Waals surface area contributed by atoms with Crippen LogP contribution in [0.1, 0.15) is 18.2 Å². The van der Waals surface area contributed by atoms with Gasteiger partial charge in [0.15, 0.2) is 0 Å². The van der Waals surface area contributed by atoms with Gasteiger partial charge in [-0.15, -0.1) is 0 Å². The zero-order chi connectivity index (χ0) is 21.5. The minimum Gasteiger partial charge on any atom is -0.482 e.